The molecule has 0 bridgehead atoms. The summed E-state index contributed by atoms with van der Waals surface area (Å²) in [7, 11) is 1.39. The van der Waals surface area contributed by atoms with E-state index in [9.17, 15) is 28.2 Å². The van der Waals surface area contributed by atoms with Crippen LogP contribution in [-0.2, 0) is 6.18 Å². The number of alkyl halides is 3. The molecule has 134 valence electrons. The van der Waals surface area contributed by atoms with Crippen LogP contribution in [0.25, 0.3) is 0 Å². The van der Waals surface area contributed by atoms with Gasteiger partial charge in [-0.1, -0.05) is 18.2 Å². The molecule has 2 rings (SSSR count). The van der Waals surface area contributed by atoms with Crippen LogP contribution in [0.5, 0.6) is 11.5 Å². The van der Waals surface area contributed by atoms with Gasteiger partial charge in [0.15, 0.2) is 0 Å². The van der Waals surface area contributed by atoms with Gasteiger partial charge in [0.1, 0.15) is 11.5 Å². The van der Waals surface area contributed by atoms with Crippen LogP contribution >= 0.6 is 0 Å². The highest BCUT2D eigenvalue weighted by Crippen LogP contribution is 2.34. The standard InChI is InChI=1S/C17H16F3NO4/c1-25-10-6-7-12(14(22)8-10)16(24)21-9-15(23)11-4-2-3-5-13(11)17(18,19)20/h2-8,15,22-23H,9H2,1H3,(H,21,24). The molecule has 0 saturated heterocycles. The molecule has 0 fully saturated rings. The SMILES string of the molecule is COc1ccc(C(=O)NCC(O)c2ccccc2C(F)(F)F)c(O)c1. The van der Waals surface area contributed by atoms with E-state index in [0.717, 1.165) is 12.1 Å². The third kappa shape index (κ3) is 4.42. The molecule has 1 atom stereocenters. The number of nitrogens with one attached hydrogen (secondary N) is 1. The van der Waals surface area contributed by atoms with Crippen LogP contribution in [0.3, 0.4) is 0 Å². The van der Waals surface area contributed by atoms with Gasteiger partial charge in [-0.3, -0.25) is 4.79 Å². The fourth-order valence-electron chi connectivity index (χ4n) is 2.27. The van der Waals surface area contributed by atoms with Gasteiger partial charge < -0.3 is 20.3 Å². The Morgan fingerprint density at radius 2 is 1.92 bits per heavy atom. The van der Waals surface area contributed by atoms with E-state index < -0.39 is 30.3 Å². The van der Waals surface area contributed by atoms with Gasteiger partial charge in [-0.15, -0.1) is 0 Å². The fraction of sp³-hybridized carbons (Fsp3) is 0.235. The van der Waals surface area contributed by atoms with Gasteiger partial charge in [0, 0.05) is 12.6 Å². The van der Waals surface area contributed by atoms with Crippen molar-refractivity contribution in [1.29, 1.82) is 0 Å². The van der Waals surface area contributed by atoms with Gasteiger partial charge in [0.05, 0.1) is 24.3 Å². The monoisotopic (exact) mass is 355 g/mol. The summed E-state index contributed by atoms with van der Waals surface area (Å²) in [6, 6.07) is 8.56. The number of carbonyl (C=O) groups excluding carboxylic acids is 1. The lowest BCUT2D eigenvalue weighted by molar-refractivity contribution is -0.139. The minimum Gasteiger partial charge on any atom is -0.507 e. The molecule has 0 radical (unpaired) electrons. The average Bonchev–Trinajstić information content (AvgIpc) is 2.58. The van der Waals surface area contributed by atoms with E-state index in [-0.39, 0.29) is 16.9 Å². The van der Waals surface area contributed by atoms with Crippen LogP contribution in [-0.4, -0.2) is 29.8 Å². The van der Waals surface area contributed by atoms with Crippen molar-refractivity contribution < 1.29 is 32.9 Å². The van der Waals surface area contributed by atoms with Crippen molar-refractivity contribution in [3.8, 4) is 11.5 Å². The molecule has 2 aromatic carbocycles. The molecule has 0 spiro atoms. The Bertz CT molecular complexity index is 762. The normalized spacial score (nSPS) is 12.5. The first kappa shape index (κ1) is 18.6. The summed E-state index contributed by atoms with van der Waals surface area (Å²) in [5.74, 6) is -0.737. The summed E-state index contributed by atoms with van der Waals surface area (Å²) in [4.78, 5) is 12.0. The van der Waals surface area contributed by atoms with Crippen LogP contribution < -0.4 is 10.1 Å². The third-order valence-electron chi connectivity index (χ3n) is 3.53. The molecule has 8 heteroatoms. The van der Waals surface area contributed by atoms with Crippen LogP contribution in [0.4, 0.5) is 13.2 Å². The van der Waals surface area contributed by atoms with Gasteiger partial charge in [-0.2, -0.15) is 13.2 Å². The fourth-order valence-corrected chi connectivity index (χ4v) is 2.27. The molecule has 0 aliphatic carbocycles. The molecule has 1 unspecified atom stereocenters. The van der Waals surface area contributed by atoms with E-state index in [1.807, 2.05) is 0 Å². The van der Waals surface area contributed by atoms with Gasteiger partial charge in [0.25, 0.3) is 5.91 Å². The van der Waals surface area contributed by atoms with E-state index in [0.29, 0.717) is 5.75 Å². The zero-order chi connectivity index (χ0) is 18.6. The first-order chi connectivity index (χ1) is 11.7. The molecule has 0 aliphatic heterocycles. The zero-order valence-electron chi connectivity index (χ0n) is 13.2. The van der Waals surface area contributed by atoms with Crippen molar-refractivity contribution in [2.24, 2.45) is 0 Å². The Hall–Kier alpha value is -2.74. The summed E-state index contributed by atoms with van der Waals surface area (Å²) in [6.45, 7) is -0.447. The maximum absolute atomic E-state index is 13.0. The van der Waals surface area contributed by atoms with E-state index in [2.05, 4.69) is 5.32 Å². The highest BCUT2D eigenvalue weighted by Gasteiger charge is 2.34. The molecule has 0 saturated carbocycles. The Kier molecular flexibility index (Phi) is 5.53. The van der Waals surface area contributed by atoms with Crippen molar-refractivity contribution in [3.05, 3.63) is 59.2 Å². The Labute approximate surface area is 141 Å². The third-order valence-corrected chi connectivity index (χ3v) is 3.53. The van der Waals surface area contributed by atoms with Crippen LogP contribution in [0, 0.1) is 0 Å². The number of hydrogen-bond acceptors (Lipinski definition) is 4. The number of rotatable bonds is 5. The minimum absolute atomic E-state index is 0.0860. The number of hydrogen-bond donors (Lipinski definition) is 3. The first-order valence-electron chi connectivity index (χ1n) is 7.23. The molecule has 25 heavy (non-hydrogen) atoms. The lowest BCUT2D eigenvalue weighted by Gasteiger charge is -2.18. The lowest BCUT2D eigenvalue weighted by atomic mass is 10.0. The predicted octanol–water partition coefficient (Wildman–Crippen LogP) is 2.88. The second-order valence-corrected chi connectivity index (χ2v) is 5.19. The Balaban J connectivity index is 2.10. The van der Waals surface area contributed by atoms with E-state index in [4.69, 9.17) is 4.74 Å². The van der Waals surface area contributed by atoms with Gasteiger partial charge in [-0.05, 0) is 23.8 Å². The Morgan fingerprint density at radius 1 is 1.24 bits per heavy atom. The molecule has 0 aliphatic rings. The number of phenolic OH excluding ortho intramolecular Hbond substituents is 1. The number of phenols is 1. The maximum atomic E-state index is 13.0. The summed E-state index contributed by atoms with van der Waals surface area (Å²) in [5, 5.41) is 22.1. The van der Waals surface area contributed by atoms with Gasteiger partial charge in [-0.25, -0.2) is 0 Å². The summed E-state index contributed by atoms with van der Waals surface area (Å²) in [6.07, 6.45) is -6.17. The highest BCUT2D eigenvalue weighted by atomic mass is 19.4. The molecule has 0 heterocycles. The van der Waals surface area contributed by atoms with Crippen molar-refractivity contribution in [3.63, 3.8) is 0 Å². The van der Waals surface area contributed by atoms with E-state index in [1.165, 1.54) is 37.4 Å². The summed E-state index contributed by atoms with van der Waals surface area (Å²) >= 11 is 0. The topological polar surface area (TPSA) is 78.8 Å². The van der Waals surface area contributed by atoms with Crippen LogP contribution in [0.15, 0.2) is 42.5 Å². The number of carbonyl (C=O) groups is 1. The quantitative estimate of drug-likeness (QED) is 0.771. The number of benzene rings is 2. The lowest BCUT2D eigenvalue weighted by Crippen LogP contribution is -2.29. The zero-order valence-corrected chi connectivity index (χ0v) is 13.2. The maximum Gasteiger partial charge on any atom is 0.416 e. The number of ether oxygens (including phenoxy) is 1. The number of methoxy groups -OCH3 is 1. The van der Waals surface area contributed by atoms with Gasteiger partial charge >= 0.3 is 6.18 Å². The summed E-state index contributed by atoms with van der Waals surface area (Å²) < 4.78 is 43.8. The molecular formula is C17H16F3NO4. The molecule has 3 N–H and O–H groups in total. The van der Waals surface area contributed by atoms with Crippen molar-refractivity contribution >= 4 is 5.91 Å². The van der Waals surface area contributed by atoms with Crippen molar-refractivity contribution in [2.45, 2.75) is 12.3 Å². The number of aliphatic hydroxyl groups excluding tert-OH is 1. The molecule has 0 aromatic heterocycles. The second-order valence-electron chi connectivity index (χ2n) is 5.19. The predicted molar refractivity (Wildman–Crippen MR) is 83.4 cm³/mol. The van der Waals surface area contributed by atoms with Crippen molar-refractivity contribution in [2.75, 3.05) is 13.7 Å². The first-order valence-corrected chi connectivity index (χ1v) is 7.23. The molecule has 1 amide bonds. The van der Waals surface area contributed by atoms with Crippen LogP contribution in [0.2, 0.25) is 0 Å². The number of aromatic hydroxyl groups is 1. The summed E-state index contributed by atoms with van der Waals surface area (Å²) in [5.41, 5.74) is -1.39. The minimum atomic E-state index is -4.62. The number of halogens is 3. The molecule has 2 aromatic rings. The van der Waals surface area contributed by atoms with E-state index >= 15 is 0 Å². The molecular weight excluding hydrogens is 339 g/mol. The second kappa shape index (κ2) is 7.43. The average molecular weight is 355 g/mol. The van der Waals surface area contributed by atoms with Gasteiger partial charge in [0.2, 0.25) is 0 Å². The highest BCUT2D eigenvalue weighted by molar-refractivity contribution is 5.97. The van der Waals surface area contributed by atoms with E-state index in [1.54, 1.807) is 0 Å². The number of aliphatic hydroxyl groups is 1. The number of amides is 1. The Morgan fingerprint density at radius 3 is 2.52 bits per heavy atom. The van der Waals surface area contributed by atoms with Crippen LogP contribution in [0.1, 0.15) is 27.6 Å². The smallest absolute Gasteiger partial charge is 0.416 e. The molecule has 5 nitrogen and oxygen atoms in total. The van der Waals surface area contributed by atoms with Crippen molar-refractivity contribution in [1.82, 2.24) is 5.32 Å². The largest absolute Gasteiger partial charge is 0.507 e.